The Bertz CT molecular complexity index is 579. The molecule has 0 heterocycles. The molecule has 0 aliphatic carbocycles. The maximum atomic E-state index is 5.50. The van der Waals surface area contributed by atoms with Crippen molar-refractivity contribution in [3.8, 4) is 5.75 Å². The molecule has 21 heavy (non-hydrogen) atoms. The number of para-hydroxylation sites is 1. The Morgan fingerprint density at radius 1 is 1.00 bits per heavy atom. The lowest BCUT2D eigenvalue weighted by atomic mass is 9.98. The maximum Gasteiger partial charge on any atom is 0.123 e. The van der Waals surface area contributed by atoms with Crippen molar-refractivity contribution in [1.82, 2.24) is 5.32 Å². The standard InChI is InChI=1S/C19H25NO/c1-5-18(17-12-8-9-13-19(17)21-4)20-15(3)16-11-7-6-10-14(16)2/h6-13,15,18,20H,5H2,1-4H3/t15-,18?/m0/s1. The van der Waals surface area contributed by atoms with E-state index in [1.54, 1.807) is 7.11 Å². The van der Waals surface area contributed by atoms with E-state index >= 15 is 0 Å². The molecule has 0 saturated carbocycles. The zero-order valence-electron chi connectivity index (χ0n) is 13.4. The van der Waals surface area contributed by atoms with E-state index in [9.17, 15) is 0 Å². The number of ether oxygens (including phenoxy) is 1. The van der Waals surface area contributed by atoms with E-state index in [-0.39, 0.29) is 6.04 Å². The molecule has 2 heteroatoms. The molecule has 0 bridgehead atoms. The molecule has 2 atom stereocenters. The summed E-state index contributed by atoms with van der Waals surface area (Å²) >= 11 is 0. The van der Waals surface area contributed by atoms with Crippen molar-refractivity contribution in [2.45, 2.75) is 39.3 Å². The van der Waals surface area contributed by atoms with Crippen LogP contribution in [0.25, 0.3) is 0 Å². The highest BCUT2D eigenvalue weighted by molar-refractivity contribution is 5.36. The summed E-state index contributed by atoms with van der Waals surface area (Å²) in [5.41, 5.74) is 3.90. The Hall–Kier alpha value is -1.80. The van der Waals surface area contributed by atoms with Gasteiger partial charge in [0.25, 0.3) is 0 Å². The molecule has 2 nitrogen and oxygen atoms in total. The zero-order valence-corrected chi connectivity index (χ0v) is 13.4. The van der Waals surface area contributed by atoms with Gasteiger partial charge in [-0.25, -0.2) is 0 Å². The van der Waals surface area contributed by atoms with E-state index in [2.05, 4.69) is 62.5 Å². The summed E-state index contributed by atoms with van der Waals surface area (Å²) < 4.78 is 5.50. The monoisotopic (exact) mass is 283 g/mol. The van der Waals surface area contributed by atoms with Gasteiger partial charge in [0.05, 0.1) is 7.11 Å². The van der Waals surface area contributed by atoms with Gasteiger partial charge in [0, 0.05) is 17.6 Å². The van der Waals surface area contributed by atoms with Crippen LogP contribution in [-0.2, 0) is 0 Å². The van der Waals surface area contributed by atoms with E-state index in [0.717, 1.165) is 12.2 Å². The average molecular weight is 283 g/mol. The Morgan fingerprint density at radius 3 is 2.24 bits per heavy atom. The zero-order chi connectivity index (χ0) is 15.2. The van der Waals surface area contributed by atoms with E-state index in [4.69, 9.17) is 4.74 Å². The minimum Gasteiger partial charge on any atom is -0.496 e. The molecular formula is C19H25NO. The summed E-state index contributed by atoms with van der Waals surface area (Å²) in [7, 11) is 1.73. The van der Waals surface area contributed by atoms with Gasteiger partial charge < -0.3 is 10.1 Å². The summed E-state index contributed by atoms with van der Waals surface area (Å²) in [4.78, 5) is 0. The Morgan fingerprint density at radius 2 is 1.62 bits per heavy atom. The predicted octanol–water partition coefficient (Wildman–Crippen LogP) is 4.81. The van der Waals surface area contributed by atoms with Crippen LogP contribution < -0.4 is 10.1 Å². The van der Waals surface area contributed by atoms with Gasteiger partial charge >= 0.3 is 0 Å². The summed E-state index contributed by atoms with van der Waals surface area (Å²) in [5, 5.41) is 3.73. The Labute approximate surface area is 128 Å². The van der Waals surface area contributed by atoms with Gasteiger partial charge in [0.1, 0.15) is 5.75 Å². The molecule has 0 amide bonds. The van der Waals surface area contributed by atoms with E-state index in [1.807, 2.05) is 12.1 Å². The molecule has 0 saturated heterocycles. The van der Waals surface area contributed by atoms with Crippen LogP contribution >= 0.6 is 0 Å². The first-order chi connectivity index (χ1) is 10.2. The van der Waals surface area contributed by atoms with Crippen LogP contribution in [0.3, 0.4) is 0 Å². The van der Waals surface area contributed by atoms with Crippen LogP contribution in [0.15, 0.2) is 48.5 Å². The average Bonchev–Trinajstić information content (AvgIpc) is 2.52. The maximum absolute atomic E-state index is 5.50. The van der Waals surface area contributed by atoms with Crippen LogP contribution in [0.4, 0.5) is 0 Å². The number of hydrogen-bond donors (Lipinski definition) is 1. The first-order valence-electron chi connectivity index (χ1n) is 7.61. The third-order valence-corrected chi connectivity index (χ3v) is 4.03. The number of hydrogen-bond acceptors (Lipinski definition) is 2. The van der Waals surface area contributed by atoms with Crippen LogP contribution in [0.1, 0.15) is 49.0 Å². The molecule has 0 aromatic heterocycles. The van der Waals surface area contributed by atoms with E-state index in [1.165, 1.54) is 16.7 Å². The minimum atomic E-state index is 0.288. The van der Waals surface area contributed by atoms with Crippen LogP contribution in [-0.4, -0.2) is 7.11 Å². The molecule has 0 radical (unpaired) electrons. The summed E-state index contributed by atoms with van der Waals surface area (Å²) in [6.45, 7) is 6.59. The number of benzene rings is 2. The first kappa shape index (κ1) is 15.6. The Balaban J connectivity index is 2.21. The number of aryl methyl sites for hydroxylation is 1. The van der Waals surface area contributed by atoms with Crippen molar-refractivity contribution in [3.63, 3.8) is 0 Å². The van der Waals surface area contributed by atoms with Crippen molar-refractivity contribution in [2.24, 2.45) is 0 Å². The van der Waals surface area contributed by atoms with Gasteiger partial charge in [0.2, 0.25) is 0 Å². The molecule has 1 unspecified atom stereocenters. The third-order valence-electron chi connectivity index (χ3n) is 4.03. The minimum absolute atomic E-state index is 0.288. The fourth-order valence-corrected chi connectivity index (χ4v) is 2.85. The SMILES string of the molecule is CCC(N[C@@H](C)c1ccccc1C)c1ccccc1OC. The van der Waals surface area contributed by atoms with Crippen molar-refractivity contribution >= 4 is 0 Å². The predicted molar refractivity (Wildman–Crippen MR) is 88.8 cm³/mol. The second-order valence-corrected chi connectivity index (χ2v) is 5.45. The van der Waals surface area contributed by atoms with Crippen molar-refractivity contribution in [1.29, 1.82) is 0 Å². The van der Waals surface area contributed by atoms with Crippen LogP contribution in [0.5, 0.6) is 5.75 Å². The largest absolute Gasteiger partial charge is 0.496 e. The highest BCUT2D eigenvalue weighted by Gasteiger charge is 2.17. The third kappa shape index (κ3) is 3.64. The second kappa shape index (κ2) is 7.28. The van der Waals surface area contributed by atoms with Crippen LogP contribution in [0, 0.1) is 6.92 Å². The van der Waals surface area contributed by atoms with Gasteiger partial charge in [0.15, 0.2) is 0 Å². The van der Waals surface area contributed by atoms with Crippen molar-refractivity contribution < 1.29 is 4.74 Å². The lowest BCUT2D eigenvalue weighted by Crippen LogP contribution is -2.25. The fraction of sp³-hybridized carbons (Fsp3) is 0.368. The Kier molecular flexibility index (Phi) is 5.40. The van der Waals surface area contributed by atoms with Crippen LogP contribution in [0.2, 0.25) is 0 Å². The van der Waals surface area contributed by atoms with E-state index < -0.39 is 0 Å². The fourth-order valence-electron chi connectivity index (χ4n) is 2.85. The number of rotatable bonds is 6. The van der Waals surface area contributed by atoms with Gasteiger partial charge in [-0.05, 0) is 37.5 Å². The highest BCUT2D eigenvalue weighted by atomic mass is 16.5. The molecule has 0 spiro atoms. The van der Waals surface area contributed by atoms with Crippen molar-refractivity contribution in [3.05, 3.63) is 65.2 Å². The molecule has 2 rings (SSSR count). The summed E-state index contributed by atoms with van der Waals surface area (Å²) in [5.74, 6) is 0.953. The molecule has 0 aliphatic rings. The molecule has 2 aromatic carbocycles. The first-order valence-corrected chi connectivity index (χ1v) is 7.61. The summed E-state index contributed by atoms with van der Waals surface area (Å²) in [6, 6.07) is 17.4. The second-order valence-electron chi connectivity index (χ2n) is 5.45. The molecule has 0 fully saturated rings. The lowest BCUT2D eigenvalue weighted by Gasteiger charge is -2.25. The number of methoxy groups -OCH3 is 1. The molecular weight excluding hydrogens is 258 g/mol. The highest BCUT2D eigenvalue weighted by Crippen LogP contribution is 2.29. The molecule has 1 N–H and O–H groups in total. The van der Waals surface area contributed by atoms with Gasteiger partial charge in [-0.15, -0.1) is 0 Å². The molecule has 112 valence electrons. The van der Waals surface area contributed by atoms with Crippen molar-refractivity contribution in [2.75, 3.05) is 7.11 Å². The van der Waals surface area contributed by atoms with Gasteiger partial charge in [-0.2, -0.15) is 0 Å². The van der Waals surface area contributed by atoms with E-state index in [0.29, 0.717) is 6.04 Å². The van der Waals surface area contributed by atoms with Gasteiger partial charge in [-0.1, -0.05) is 49.4 Å². The topological polar surface area (TPSA) is 21.3 Å². The van der Waals surface area contributed by atoms with Gasteiger partial charge in [-0.3, -0.25) is 0 Å². The quantitative estimate of drug-likeness (QED) is 0.821. The summed E-state index contributed by atoms with van der Waals surface area (Å²) in [6.07, 6.45) is 1.02. The lowest BCUT2D eigenvalue weighted by molar-refractivity contribution is 0.388. The normalized spacial score (nSPS) is 13.7. The number of nitrogens with one attached hydrogen (secondary N) is 1. The smallest absolute Gasteiger partial charge is 0.123 e. The molecule has 0 aliphatic heterocycles. The molecule has 2 aromatic rings.